The minimum atomic E-state index is 0.848. The number of nitrogens with one attached hydrogen (secondary N) is 1. The Morgan fingerprint density at radius 2 is 2.23 bits per heavy atom. The molecule has 2 heterocycles. The van der Waals surface area contributed by atoms with Gasteiger partial charge in [0.2, 0.25) is 0 Å². The van der Waals surface area contributed by atoms with Crippen LogP contribution in [-0.2, 0) is 0 Å². The molecule has 0 aliphatic carbocycles. The molecule has 0 bridgehead atoms. The van der Waals surface area contributed by atoms with E-state index in [4.69, 9.17) is 0 Å². The highest BCUT2D eigenvalue weighted by Gasteiger charge is 2.29. The van der Waals surface area contributed by atoms with Crippen molar-refractivity contribution < 1.29 is 0 Å². The summed E-state index contributed by atoms with van der Waals surface area (Å²) in [4.78, 5) is 2.76. The molecule has 0 saturated carbocycles. The van der Waals surface area contributed by atoms with Gasteiger partial charge < -0.3 is 5.32 Å². The first-order valence-electron chi connectivity index (χ1n) is 5.88. The van der Waals surface area contributed by atoms with Gasteiger partial charge in [0.15, 0.2) is 0 Å². The van der Waals surface area contributed by atoms with E-state index in [0.717, 1.165) is 12.1 Å². The summed E-state index contributed by atoms with van der Waals surface area (Å²) in [7, 11) is 0. The molecule has 1 N–H and O–H groups in total. The van der Waals surface area contributed by atoms with Crippen molar-refractivity contribution in [3.05, 3.63) is 0 Å². The molecule has 0 amide bonds. The van der Waals surface area contributed by atoms with Crippen molar-refractivity contribution in [2.24, 2.45) is 0 Å². The number of nitrogens with zero attached hydrogens (tertiary/aromatic N) is 1. The average Bonchev–Trinajstić information content (AvgIpc) is 2.67. The van der Waals surface area contributed by atoms with E-state index in [0.29, 0.717) is 0 Å². The van der Waals surface area contributed by atoms with Crippen molar-refractivity contribution in [1.82, 2.24) is 10.2 Å². The molecule has 0 spiro atoms. The van der Waals surface area contributed by atoms with Crippen LogP contribution in [0.1, 0.15) is 39.0 Å². The second-order valence-electron chi connectivity index (χ2n) is 4.44. The summed E-state index contributed by atoms with van der Waals surface area (Å²) in [5.41, 5.74) is 0. The Bertz CT molecular complexity index is 152. The molecule has 2 saturated heterocycles. The zero-order valence-corrected chi connectivity index (χ0v) is 8.76. The maximum Gasteiger partial charge on any atom is 0.0224 e. The van der Waals surface area contributed by atoms with Crippen molar-refractivity contribution >= 4 is 0 Å². The summed E-state index contributed by atoms with van der Waals surface area (Å²) >= 11 is 0. The topological polar surface area (TPSA) is 15.3 Å². The molecule has 0 radical (unpaired) electrons. The predicted molar refractivity (Wildman–Crippen MR) is 55.9 cm³/mol. The van der Waals surface area contributed by atoms with Gasteiger partial charge in [-0.3, -0.25) is 4.90 Å². The Labute approximate surface area is 81.7 Å². The van der Waals surface area contributed by atoms with Crippen LogP contribution in [0.25, 0.3) is 0 Å². The van der Waals surface area contributed by atoms with Crippen LogP contribution in [0.4, 0.5) is 0 Å². The molecule has 2 nitrogen and oxygen atoms in total. The van der Waals surface area contributed by atoms with Gasteiger partial charge in [-0.15, -0.1) is 0 Å². The molecule has 2 aliphatic heterocycles. The quantitative estimate of drug-likeness (QED) is 0.698. The van der Waals surface area contributed by atoms with Crippen LogP contribution < -0.4 is 5.32 Å². The van der Waals surface area contributed by atoms with Crippen LogP contribution in [0.3, 0.4) is 0 Å². The monoisotopic (exact) mass is 182 g/mol. The molecule has 13 heavy (non-hydrogen) atoms. The van der Waals surface area contributed by atoms with Crippen LogP contribution >= 0.6 is 0 Å². The standard InChI is InChI=1S/C11H22N2/c1-2-10-6-4-8-13(10)11-5-3-7-12-9-11/h10-12H,2-9H2,1H3. The molecule has 2 unspecified atom stereocenters. The molecular formula is C11H22N2. The van der Waals surface area contributed by atoms with Crippen molar-refractivity contribution in [2.45, 2.75) is 51.1 Å². The average molecular weight is 182 g/mol. The zero-order chi connectivity index (χ0) is 9.10. The van der Waals surface area contributed by atoms with Crippen molar-refractivity contribution in [3.63, 3.8) is 0 Å². The third-order valence-corrected chi connectivity index (χ3v) is 3.63. The van der Waals surface area contributed by atoms with Crippen molar-refractivity contribution in [3.8, 4) is 0 Å². The second kappa shape index (κ2) is 4.43. The number of likely N-dealkylation sites (tertiary alicyclic amines) is 1. The Kier molecular flexibility index (Phi) is 3.23. The number of hydrogen-bond acceptors (Lipinski definition) is 2. The predicted octanol–water partition coefficient (Wildman–Crippen LogP) is 1.61. The Balaban J connectivity index is 1.90. The van der Waals surface area contributed by atoms with Gasteiger partial charge in [0.1, 0.15) is 0 Å². The van der Waals surface area contributed by atoms with Gasteiger partial charge in [-0.1, -0.05) is 6.92 Å². The fraction of sp³-hybridized carbons (Fsp3) is 1.00. The summed E-state index contributed by atoms with van der Waals surface area (Å²) < 4.78 is 0. The zero-order valence-electron chi connectivity index (χ0n) is 8.76. The summed E-state index contributed by atoms with van der Waals surface area (Å²) in [5, 5.41) is 3.51. The fourth-order valence-corrected chi connectivity index (χ4v) is 2.89. The minimum absolute atomic E-state index is 0.848. The van der Waals surface area contributed by atoms with Gasteiger partial charge in [0, 0.05) is 18.6 Å². The van der Waals surface area contributed by atoms with E-state index in [1.165, 1.54) is 51.7 Å². The van der Waals surface area contributed by atoms with E-state index < -0.39 is 0 Å². The highest BCUT2D eigenvalue weighted by atomic mass is 15.2. The molecule has 0 aromatic carbocycles. The van der Waals surface area contributed by atoms with Crippen LogP contribution in [0, 0.1) is 0 Å². The number of piperidine rings is 1. The first kappa shape index (κ1) is 9.47. The maximum atomic E-state index is 3.51. The van der Waals surface area contributed by atoms with Crippen molar-refractivity contribution in [1.29, 1.82) is 0 Å². The van der Waals surface area contributed by atoms with Gasteiger partial charge in [0.25, 0.3) is 0 Å². The number of rotatable bonds is 2. The van der Waals surface area contributed by atoms with Crippen LogP contribution in [-0.4, -0.2) is 36.6 Å². The first-order chi connectivity index (χ1) is 6.42. The first-order valence-corrected chi connectivity index (χ1v) is 5.88. The molecule has 76 valence electrons. The van der Waals surface area contributed by atoms with Gasteiger partial charge >= 0.3 is 0 Å². The van der Waals surface area contributed by atoms with Crippen LogP contribution in [0.2, 0.25) is 0 Å². The molecule has 0 aromatic heterocycles. The van der Waals surface area contributed by atoms with Crippen molar-refractivity contribution in [2.75, 3.05) is 19.6 Å². The van der Waals surface area contributed by atoms with Gasteiger partial charge in [-0.05, 0) is 45.2 Å². The lowest BCUT2D eigenvalue weighted by Gasteiger charge is -2.35. The summed E-state index contributed by atoms with van der Waals surface area (Å²) in [6.45, 7) is 6.15. The van der Waals surface area contributed by atoms with Gasteiger partial charge in [0.05, 0.1) is 0 Å². The lowest BCUT2D eigenvalue weighted by Crippen LogP contribution is -2.47. The Morgan fingerprint density at radius 1 is 1.31 bits per heavy atom. The van der Waals surface area contributed by atoms with E-state index in [1.807, 2.05) is 0 Å². The van der Waals surface area contributed by atoms with E-state index in [1.54, 1.807) is 0 Å². The van der Waals surface area contributed by atoms with Gasteiger partial charge in [-0.25, -0.2) is 0 Å². The second-order valence-corrected chi connectivity index (χ2v) is 4.44. The lowest BCUT2D eigenvalue weighted by atomic mass is 10.0. The molecule has 2 rings (SSSR count). The van der Waals surface area contributed by atoms with E-state index >= 15 is 0 Å². The summed E-state index contributed by atoms with van der Waals surface area (Å²) in [6.07, 6.45) is 7.00. The van der Waals surface area contributed by atoms with E-state index in [-0.39, 0.29) is 0 Å². The highest BCUT2D eigenvalue weighted by Crippen LogP contribution is 2.24. The van der Waals surface area contributed by atoms with E-state index in [2.05, 4.69) is 17.1 Å². The van der Waals surface area contributed by atoms with Crippen LogP contribution in [0.5, 0.6) is 0 Å². The molecule has 2 aliphatic rings. The maximum absolute atomic E-state index is 3.51. The number of hydrogen-bond donors (Lipinski definition) is 1. The Morgan fingerprint density at radius 3 is 2.92 bits per heavy atom. The minimum Gasteiger partial charge on any atom is -0.315 e. The summed E-state index contributed by atoms with van der Waals surface area (Å²) in [5.74, 6) is 0. The van der Waals surface area contributed by atoms with E-state index in [9.17, 15) is 0 Å². The highest BCUT2D eigenvalue weighted by molar-refractivity contribution is 4.86. The molecule has 0 aromatic rings. The lowest BCUT2D eigenvalue weighted by molar-refractivity contribution is 0.148. The van der Waals surface area contributed by atoms with Crippen LogP contribution in [0.15, 0.2) is 0 Å². The smallest absolute Gasteiger partial charge is 0.0224 e. The SMILES string of the molecule is CCC1CCCN1C1CCCNC1. The molecule has 2 fully saturated rings. The Hall–Kier alpha value is -0.0800. The molecule has 2 atom stereocenters. The fourth-order valence-electron chi connectivity index (χ4n) is 2.89. The molecule has 2 heteroatoms. The normalized spacial score (nSPS) is 36.7. The van der Waals surface area contributed by atoms with Gasteiger partial charge in [-0.2, -0.15) is 0 Å². The largest absolute Gasteiger partial charge is 0.315 e. The third kappa shape index (κ3) is 2.05. The third-order valence-electron chi connectivity index (χ3n) is 3.63. The molecular weight excluding hydrogens is 160 g/mol. The summed E-state index contributed by atoms with van der Waals surface area (Å²) in [6, 6.07) is 1.74.